The highest BCUT2D eigenvalue weighted by Crippen LogP contribution is 2.36. The minimum Gasteiger partial charge on any atom is -0.356 e. The van der Waals surface area contributed by atoms with E-state index in [1.165, 1.54) is 23.1 Å². The van der Waals surface area contributed by atoms with Gasteiger partial charge in [0.15, 0.2) is 6.10 Å². The summed E-state index contributed by atoms with van der Waals surface area (Å²) in [6.45, 7) is 2.03. The smallest absolute Gasteiger partial charge is 0.253 e. The molecule has 1 aliphatic heterocycles. The van der Waals surface area contributed by atoms with Gasteiger partial charge in [0.25, 0.3) is 11.8 Å². The van der Waals surface area contributed by atoms with Crippen molar-refractivity contribution in [1.29, 1.82) is 0 Å². The lowest BCUT2D eigenvalue weighted by Crippen LogP contribution is -2.54. The molecule has 176 valence electrons. The number of morpholine rings is 1. The molecule has 34 heavy (non-hydrogen) atoms. The number of halogens is 3. The van der Waals surface area contributed by atoms with Crippen molar-refractivity contribution in [1.82, 2.24) is 5.32 Å². The number of rotatable bonds is 6. The molecule has 0 bridgehead atoms. The number of amides is 2. The van der Waals surface area contributed by atoms with Crippen molar-refractivity contribution in [3.63, 3.8) is 0 Å². The predicted octanol–water partition coefficient (Wildman–Crippen LogP) is 5.27. The monoisotopic (exact) mass is 500 g/mol. The minimum atomic E-state index is -0.964. The van der Waals surface area contributed by atoms with E-state index < -0.39 is 18.0 Å². The van der Waals surface area contributed by atoms with Crippen LogP contribution in [0.2, 0.25) is 10.0 Å². The van der Waals surface area contributed by atoms with Crippen LogP contribution >= 0.6 is 23.2 Å². The van der Waals surface area contributed by atoms with Gasteiger partial charge in [0.1, 0.15) is 12.4 Å². The van der Waals surface area contributed by atoms with E-state index in [-0.39, 0.29) is 23.4 Å². The lowest BCUT2D eigenvalue weighted by molar-refractivity contribution is -0.144. The summed E-state index contributed by atoms with van der Waals surface area (Å²) >= 11 is 11.9. The van der Waals surface area contributed by atoms with Crippen molar-refractivity contribution < 1.29 is 18.7 Å². The first-order valence-corrected chi connectivity index (χ1v) is 11.6. The van der Waals surface area contributed by atoms with Crippen molar-refractivity contribution in [2.75, 3.05) is 18.1 Å². The largest absolute Gasteiger partial charge is 0.356 e. The van der Waals surface area contributed by atoms with E-state index in [2.05, 4.69) is 5.32 Å². The summed E-state index contributed by atoms with van der Waals surface area (Å²) in [6.07, 6.45) is -0.352. The van der Waals surface area contributed by atoms with Gasteiger partial charge in [-0.2, -0.15) is 0 Å². The van der Waals surface area contributed by atoms with Crippen LogP contribution in [0.3, 0.4) is 0 Å². The first-order chi connectivity index (χ1) is 16.3. The molecule has 3 aromatic carbocycles. The summed E-state index contributed by atoms with van der Waals surface area (Å²) in [6, 6.07) is 18.2. The van der Waals surface area contributed by atoms with Crippen LogP contribution in [0.4, 0.5) is 10.1 Å². The van der Waals surface area contributed by atoms with E-state index >= 15 is 0 Å². The molecule has 1 saturated heterocycles. The minimum absolute atomic E-state index is 0.108. The zero-order valence-corrected chi connectivity index (χ0v) is 19.9. The molecular formula is C26H23Cl2FN2O3. The molecule has 3 aromatic rings. The second-order valence-electron chi connectivity index (χ2n) is 8.12. The molecule has 0 spiro atoms. The van der Waals surface area contributed by atoms with Crippen LogP contribution in [0.25, 0.3) is 0 Å². The first-order valence-electron chi connectivity index (χ1n) is 10.8. The molecule has 2 amide bonds. The number of nitrogens with zero attached hydrogens (tertiary/aromatic N) is 1. The molecule has 1 fully saturated rings. The third-order valence-electron chi connectivity index (χ3n) is 5.67. The van der Waals surface area contributed by atoms with E-state index in [1.54, 1.807) is 12.1 Å². The fourth-order valence-corrected chi connectivity index (χ4v) is 4.33. The van der Waals surface area contributed by atoms with Crippen molar-refractivity contribution in [2.24, 2.45) is 0 Å². The Bertz CT molecular complexity index is 1200. The molecule has 0 aromatic heterocycles. The average Bonchev–Trinajstić information content (AvgIpc) is 2.82. The summed E-state index contributed by atoms with van der Waals surface area (Å²) in [5.41, 5.74) is 3.12. The van der Waals surface area contributed by atoms with Crippen LogP contribution in [-0.4, -0.2) is 31.1 Å². The topological polar surface area (TPSA) is 58.6 Å². The second-order valence-corrected chi connectivity index (χ2v) is 8.96. The molecule has 0 aliphatic carbocycles. The maximum Gasteiger partial charge on any atom is 0.253 e. The molecule has 8 heteroatoms. The van der Waals surface area contributed by atoms with Gasteiger partial charge in [-0.3, -0.25) is 14.5 Å². The number of anilines is 1. The third-order valence-corrected chi connectivity index (χ3v) is 6.21. The number of ether oxygens (including phenoxy) is 1. The third kappa shape index (κ3) is 5.41. The lowest BCUT2D eigenvalue weighted by atomic mass is 9.95. The van der Waals surface area contributed by atoms with Crippen molar-refractivity contribution >= 4 is 40.7 Å². The van der Waals surface area contributed by atoms with E-state index in [0.29, 0.717) is 23.7 Å². The molecule has 1 N–H and O–H groups in total. The highest BCUT2D eigenvalue weighted by molar-refractivity contribution is 6.31. The van der Waals surface area contributed by atoms with E-state index in [9.17, 15) is 14.0 Å². The molecule has 4 rings (SSSR count). The molecule has 0 unspecified atom stereocenters. The molecule has 5 nitrogen and oxygen atoms in total. The van der Waals surface area contributed by atoms with Gasteiger partial charge in [-0.15, -0.1) is 0 Å². The Balaban J connectivity index is 1.61. The fraction of sp³-hybridized carbons (Fsp3) is 0.231. The summed E-state index contributed by atoms with van der Waals surface area (Å²) in [4.78, 5) is 27.7. The van der Waals surface area contributed by atoms with Crippen molar-refractivity contribution in [3.05, 3.63) is 99.3 Å². The number of aryl methyl sites for hydroxylation is 1. The Morgan fingerprint density at radius 1 is 1.12 bits per heavy atom. The Labute approximate surface area is 207 Å². The molecule has 0 saturated carbocycles. The Kier molecular flexibility index (Phi) is 7.51. The lowest BCUT2D eigenvalue weighted by Gasteiger charge is -2.40. The van der Waals surface area contributed by atoms with Crippen LogP contribution < -0.4 is 10.2 Å². The van der Waals surface area contributed by atoms with Gasteiger partial charge in [-0.05, 0) is 54.8 Å². The highest BCUT2D eigenvalue weighted by atomic mass is 35.5. The van der Waals surface area contributed by atoms with Crippen LogP contribution in [0.1, 0.15) is 22.7 Å². The van der Waals surface area contributed by atoms with E-state index in [0.717, 1.165) is 16.7 Å². The standard InChI is InChI=1S/C26H23Cl2FN2O3/c1-16-3-2-4-18(13-16)24-25(26(33)30-12-11-17-5-7-19(27)8-6-17)34-15-23(32)31(24)20-9-10-22(29)21(28)14-20/h2-10,13-14,24-25H,11-12,15H2,1H3,(H,30,33)/t24-,25+/m1/s1. The number of nitrogens with one attached hydrogen (secondary N) is 1. The second kappa shape index (κ2) is 10.6. The highest BCUT2D eigenvalue weighted by Gasteiger charge is 2.42. The summed E-state index contributed by atoms with van der Waals surface area (Å²) in [5.74, 6) is -1.28. The average molecular weight is 501 g/mol. The van der Waals surface area contributed by atoms with Gasteiger partial charge in [-0.25, -0.2) is 4.39 Å². The first kappa shape index (κ1) is 24.2. The van der Waals surface area contributed by atoms with Crippen LogP contribution in [0.5, 0.6) is 0 Å². The van der Waals surface area contributed by atoms with Crippen molar-refractivity contribution in [3.8, 4) is 0 Å². The van der Waals surface area contributed by atoms with E-state index in [1.807, 2.05) is 43.3 Å². The summed E-state index contributed by atoms with van der Waals surface area (Å²) in [7, 11) is 0. The summed E-state index contributed by atoms with van der Waals surface area (Å²) < 4.78 is 19.6. The zero-order chi connectivity index (χ0) is 24.2. The number of benzene rings is 3. The van der Waals surface area contributed by atoms with Crippen LogP contribution in [-0.2, 0) is 20.7 Å². The Morgan fingerprint density at radius 3 is 2.59 bits per heavy atom. The number of hydrogen-bond acceptors (Lipinski definition) is 3. The van der Waals surface area contributed by atoms with Crippen LogP contribution in [0.15, 0.2) is 66.7 Å². The quantitative estimate of drug-likeness (QED) is 0.501. The summed E-state index contributed by atoms with van der Waals surface area (Å²) in [5, 5.41) is 3.46. The molecule has 1 heterocycles. The SMILES string of the molecule is Cc1cccc([C@@H]2[C@@H](C(=O)NCCc3ccc(Cl)cc3)OCC(=O)N2c2ccc(F)c(Cl)c2)c1. The Morgan fingerprint density at radius 2 is 1.88 bits per heavy atom. The zero-order valence-electron chi connectivity index (χ0n) is 18.4. The van der Waals surface area contributed by atoms with Gasteiger partial charge in [0.05, 0.1) is 11.1 Å². The Hall–Kier alpha value is -2.93. The molecule has 0 radical (unpaired) electrons. The molecule has 1 aliphatic rings. The number of carbonyl (C=O) groups is 2. The van der Waals surface area contributed by atoms with Gasteiger partial charge < -0.3 is 10.1 Å². The maximum atomic E-state index is 13.8. The molecule has 2 atom stereocenters. The van der Waals surface area contributed by atoms with Crippen molar-refractivity contribution in [2.45, 2.75) is 25.5 Å². The normalized spacial score (nSPS) is 18.1. The molecular weight excluding hydrogens is 478 g/mol. The van der Waals surface area contributed by atoms with Crippen LogP contribution in [0, 0.1) is 12.7 Å². The number of carbonyl (C=O) groups excluding carboxylic acids is 2. The fourth-order valence-electron chi connectivity index (χ4n) is 4.03. The number of hydrogen-bond donors (Lipinski definition) is 1. The van der Waals surface area contributed by atoms with Gasteiger partial charge in [0.2, 0.25) is 0 Å². The van der Waals surface area contributed by atoms with E-state index in [4.69, 9.17) is 27.9 Å². The maximum absolute atomic E-state index is 13.8. The van der Waals surface area contributed by atoms with Gasteiger partial charge >= 0.3 is 0 Å². The van der Waals surface area contributed by atoms with Gasteiger partial charge in [0, 0.05) is 17.3 Å². The van der Waals surface area contributed by atoms with Gasteiger partial charge in [-0.1, -0.05) is 65.2 Å². The predicted molar refractivity (Wildman–Crippen MR) is 131 cm³/mol.